The number of ether oxygens (including phenoxy) is 2. The summed E-state index contributed by atoms with van der Waals surface area (Å²) >= 11 is 0. The Bertz CT molecular complexity index is 568. The van der Waals surface area contributed by atoms with Crippen LogP contribution >= 0.6 is 0 Å². The van der Waals surface area contributed by atoms with Gasteiger partial charge in [0, 0.05) is 31.1 Å². The molecule has 0 radical (unpaired) electrons. The number of nitrogens with one attached hydrogen (secondary N) is 2. The molecule has 1 aromatic carbocycles. The zero-order valence-corrected chi connectivity index (χ0v) is 13.4. The van der Waals surface area contributed by atoms with Crippen LogP contribution in [0, 0.1) is 0 Å². The maximum atomic E-state index is 12.2. The van der Waals surface area contributed by atoms with Gasteiger partial charge in [-0.15, -0.1) is 0 Å². The van der Waals surface area contributed by atoms with Crippen LogP contribution < -0.4 is 20.1 Å². The normalized spacial score (nSPS) is 10.4. The van der Waals surface area contributed by atoms with E-state index in [0.717, 1.165) is 5.56 Å². The smallest absolute Gasteiger partial charge is 0.251 e. The fourth-order valence-electron chi connectivity index (χ4n) is 1.94. The standard InChI is InChI=1S/C16H22N2O4/c1-5-6-12-9-13(10-14(21-3)15(12)22-4)16(20)18-8-7-17-11(2)19/h5-6,9-10H,7-8H2,1-4H3,(H,17,19)(H,18,20)/b6-5+. The highest BCUT2D eigenvalue weighted by Crippen LogP contribution is 2.33. The first-order valence-corrected chi connectivity index (χ1v) is 6.94. The third-order valence-corrected chi connectivity index (χ3v) is 2.90. The highest BCUT2D eigenvalue weighted by atomic mass is 16.5. The van der Waals surface area contributed by atoms with Crippen LogP contribution in [-0.2, 0) is 4.79 Å². The number of methoxy groups -OCH3 is 2. The van der Waals surface area contributed by atoms with E-state index < -0.39 is 0 Å². The molecule has 6 heteroatoms. The van der Waals surface area contributed by atoms with Crippen molar-refractivity contribution in [1.29, 1.82) is 0 Å². The molecule has 6 nitrogen and oxygen atoms in total. The zero-order chi connectivity index (χ0) is 16.5. The van der Waals surface area contributed by atoms with E-state index in [4.69, 9.17) is 9.47 Å². The topological polar surface area (TPSA) is 76.7 Å². The molecule has 0 unspecified atom stereocenters. The van der Waals surface area contributed by atoms with Gasteiger partial charge in [0.1, 0.15) is 0 Å². The van der Waals surface area contributed by atoms with Crippen molar-refractivity contribution in [1.82, 2.24) is 10.6 Å². The van der Waals surface area contributed by atoms with Crippen LogP contribution in [0.25, 0.3) is 6.08 Å². The van der Waals surface area contributed by atoms with Gasteiger partial charge in [-0.05, 0) is 19.1 Å². The Morgan fingerprint density at radius 1 is 1.14 bits per heavy atom. The Kier molecular flexibility index (Phi) is 6.95. The van der Waals surface area contributed by atoms with Crippen LogP contribution in [-0.4, -0.2) is 39.1 Å². The van der Waals surface area contributed by atoms with Crippen molar-refractivity contribution >= 4 is 17.9 Å². The molecule has 0 aliphatic rings. The second kappa shape index (κ2) is 8.71. The lowest BCUT2D eigenvalue weighted by atomic mass is 10.1. The summed E-state index contributed by atoms with van der Waals surface area (Å²) in [6.07, 6.45) is 3.70. The van der Waals surface area contributed by atoms with E-state index in [2.05, 4.69) is 10.6 Å². The summed E-state index contributed by atoms with van der Waals surface area (Å²) in [7, 11) is 3.08. The largest absolute Gasteiger partial charge is 0.493 e. The van der Waals surface area contributed by atoms with Gasteiger partial charge in [0.15, 0.2) is 11.5 Å². The maximum Gasteiger partial charge on any atom is 0.251 e. The Balaban J connectivity index is 2.91. The summed E-state index contributed by atoms with van der Waals surface area (Å²) in [4.78, 5) is 22.9. The van der Waals surface area contributed by atoms with Gasteiger partial charge in [0.2, 0.25) is 5.91 Å². The summed E-state index contributed by atoms with van der Waals surface area (Å²) in [5, 5.41) is 5.35. The van der Waals surface area contributed by atoms with Crippen molar-refractivity contribution in [2.75, 3.05) is 27.3 Å². The fourth-order valence-corrected chi connectivity index (χ4v) is 1.94. The molecule has 1 rings (SSSR count). The second-order valence-electron chi connectivity index (χ2n) is 4.54. The van der Waals surface area contributed by atoms with Crippen molar-refractivity contribution in [2.24, 2.45) is 0 Å². The predicted octanol–water partition coefficient (Wildman–Crippen LogP) is 1.60. The first-order valence-electron chi connectivity index (χ1n) is 6.94. The molecule has 0 fully saturated rings. The van der Waals surface area contributed by atoms with Crippen molar-refractivity contribution in [2.45, 2.75) is 13.8 Å². The number of benzene rings is 1. The Morgan fingerprint density at radius 3 is 2.36 bits per heavy atom. The van der Waals surface area contributed by atoms with Gasteiger partial charge < -0.3 is 20.1 Å². The summed E-state index contributed by atoms with van der Waals surface area (Å²) in [5.41, 5.74) is 1.23. The molecule has 0 spiro atoms. The van der Waals surface area contributed by atoms with Gasteiger partial charge in [-0.2, -0.15) is 0 Å². The average Bonchev–Trinajstić information content (AvgIpc) is 2.50. The predicted molar refractivity (Wildman–Crippen MR) is 85.3 cm³/mol. The number of allylic oxidation sites excluding steroid dienone is 1. The Hall–Kier alpha value is -2.50. The van der Waals surface area contributed by atoms with Crippen molar-refractivity contribution in [3.05, 3.63) is 29.3 Å². The van der Waals surface area contributed by atoms with Gasteiger partial charge >= 0.3 is 0 Å². The van der Waals surface area contributed by atoms with Gasteiger partial charge in [0.25, 0.3) is 5.91 Å². The van der Waals surface area contributed by atoms with Crippen LogP contribution in [0.3, 0.4) is 0 Å². The van der Waals surface area contributed by atoms with E-state index in [1.54, 1.807) is 19.2 Å². The molecule has 0 atom stereocenters. The fraction of sp³-hybridized carbons (Fsp3) is 0.375. The number of amides is 2. The minimum atomic E-state index is -0.239. The van der Waals surface area contributed by atoms with Gasteiger partial charge in [-0.1, -0.05) is 12.2 Å². The van der Waals surface area contributed by atoms with E-state index in [1.165, 1.54) is 14.0 Å². The van der Waals surface area contributed by atoms with E-state index in [-0.39, 0.29) is 11.8 Å². The van der Waals surface area contributed by atoms with Crippen LogP contribution in [0.1, 0.15) is 29.8 Å². The van der Waals surface area contributed by atoms with Gasteiger partial charge in [-0.25, -0.2) is 0 Å². The summed E-state index contributed by atoms with van der Waals surface area (Å²) < 4.78 is 10.6. The van der Waals surface area contributed by atoms with Gasteiger partial charge in [0.05, 0.1) is 14.2 Å². The van der Waals surface area contributed by atoms with E-state index in [9.17, 15) is 9.59 Å². The highest BCUT2D eigenvalue weighted by Gasteiger charge is 2.14. The first kappa shape index (κ1) is 17.6. The van der Waals surface area contributed by atoms with E-state index >= 15 is 0 Å². The van der Waals surface area contributed by atoms with Crippen molar-refractivity contribution < 1.29 is 19.1 Å². The number of hydrogen-bond donors (Lipinski definition) is 2. The SMILES string of the molecule is C/C=C/c1cc(C(=O)NCCNC(C)=O)cc(OC)c1OC. The molecule has 0 heterocycles. The summed E-state index contributed by atoms with van der Waals surface area (Å²) in [5.74, 6) is 0.702. The number of carbonyl (C=O) groups excluding carboxylic acids is 2. The van der Waals surface area contributed by atoms with Crippen LogP contribution in [0.15, 0.2) is 18.2 Å². The number of carbonyl (C=O) groups is 2. The monoisotopic (exact) mass is 306 g/mol. The third-order valence-electron chi connectivity index (χ3n) is 2.90. The molecular formula is C16H22N2O4. The molecule has 0 aliphatic heterocycles. The lowest BCUT2D eigenvalue weighted by Crippen LogP contribution is -2.33. The molecule has 1 aromatic rings. The van der Waals surface area contributed by atoms with E-state index in [1.807, 2.05) is 19.1 Å². The highest BCUT2D eigenvalue weighted by molar-refractivity contribution is 5.96. The summed E-state index contributed by atoms with van der Waals surface area (Å²) in [6.45, 7) is 4.05. The van der Waals surface area contributed by atoms with Crippen molar-refractivity contribution in [3.63, 3.8) is 0 Å². The molecule has 0 saturated carbocycles. The molecule has 120 valence electrons. The summed E-state index contributed by atoms with van der Waals surface area (Å²) in [6, 6.07) is 3.36. The lowest BCUT2D eigenvalue weighted by Gasteiger charge is -2.13. The van der Waals surface area contributed by atoms with Gasteiger partial charge in [-0.3, -0.25) is 9.59 Å². The molecule has 2 N–H and O–H groups in total. The lowest BCUT2D eigenvalue weighted by molar-refractivity contribution is -0.118. The van der Waals surface area contributed by atoms with Crippen LogP contribution in [0.5, 0.6) is 11.5 Å². The molecule has 0 aliphatic carbocycles. The van der Waals surface area contributed by atoms with Crippen LogP contribution in [0.4, 0.5) is 0 Å². The number of hydrogen-bond acceptors (Lipinski definition) is 4. The quantitative estimate of drug-likeness (QED) is 0.750. The minimum absolute atomic E-state index is 0.129. The molecule has 0 bridgehead atoms. The third kappa shape index (κ3) is 4.80. The molecule has 0 saturated heterocycles. The van der Waals surface area contributed by atoms with Crippen molar-refractivity contribution in [3.8, 4) is 11.5 Å². The molecular weight excluding hydrogens is 284 g/mol. The molecule has 22 heavy (non-hydrogen) atoms. The second-order valence-corrected chi connectivity index (χ2v) is 4.54. The minimum Gasteiger partial charge on any atom is -0.493 e. The van der Waals surface area contributed by atoms with E-state index in [0.29, 0.717) is 30.2 Å². The number of rotatable bonds is 7. The Labute approximate surface area is 130 Å². The first-order chi connectivity index (χ1) is 10.5. The maximum absolute atomic E-state index is 12.2. The zero-order valence-electron chi connectivity index (χ0n) is 13.4. The average molecular weight is 306 g/mol. The van der Waals surface area contributed by atoms with Crippen LogP contribution in [0.2, 0.25) is 0 Å². The Morgan fingerprint density at radius 2 is 1.82 bits per heavy atom. The molecule has 2 amide bonds. The molecule has 0 aromatic heterocycles.